The first-order valence-electron chi connectivity index (χ1n) is 5.18. The van der Waals surface area contributed by atoms with Crippen LogP contribution in [0, 0.1) is 6.92 Å². The third-order valence-electron chi connectivity index (χ3n) is 2.29. The summed E-state index contributed by atoms with van der Waals surface area (Å²) in [5.41, 5.74) is 1.05. The van der Waals surface area contributed by atoms with Gasteiger partial charge in [0.1, 0.15) is 0 Å². The quantitative estimate of drug-likeness (QED) is 0.816. The summed E-state index contributed by atoms with van der Waals surface area (Å²) in [6, 6.07) is 4.96. The van der Waals surface area contributed by atoms with E-state index >= 15 is 0 Å². The highest BCUT2D eigenvalue weighted by Crippen LogP contribution is 2.19. The predicted molar refractivity (Wildman–Crippen MR) is 63.3 cm³/mol. The maximum absolute atomic E-state index is 11.5. The molecule has 0 saturated carbocycles. The van der Waals surface area contributed by atoms with E-state index in [2.05, 4.69) is 5.32 Å². The zero-order valence-corrected chi connectivity index (χ0v) is 9.82. The second-order valence-corrected chi connectivity index (χ2v) is 3.59. The van der Waals surface area contributed by atoms with Crippen LogP contribution in [-0.4, -0.2) is 30.7 Å². The number of ether oxygens (including phenoxy) is 1. The van der Waals surface area contributed by atoms with Gasteiger partial charge in [0, 0.05) is 7.11 Å². The number of carbonyl (C=O) groups is 2. The number of carbonyl (C=O) groups excluding carboxylic acids is 1. The van der Waals surface area contributed by atoms with Crippen molar-refractivity contribution < 1.29 is 19.4 Å². The number of nitrogens with one attached hydrogen (secondary N) is 1. The second kappa shape index (κ2) is 6.00. The van der Waals surface area contributed by atoms with Crippen molar-refractivity contribution in [3.8, 4) is 0 Å². The normalized spacial score (nSPS) is 10.0. The van der Waals surface area contributed by atoms with Crippen molar-refractivity contribution >= 4 is 17.6 Å². The van der Waals surface area contributed by atoms with E-state index in [1.807, 2.05) is 0 Å². The highest BCUT2D eigenvalue weighted by molar-refractivity contribution is 6.01. The molecule has 1 rings (SSSR count). The topological polar surface area (TPSA) is 75.6 Å². The number of carboxylic acids is 1. The van der Waals surface area contributed by atoms with Crippen molar-refractivity contribution in [1.29, 1.82) is 0 Å². The summed E-state index contributed by atoms with van der Waals surface area (Å²) in [4.78, 5) is 22.5. The van der Waals surface area contributed by atoms with Crippen LogP contribution in [-0.2, 0) is 9.53 Å². The van der Waals surface area contributed by atoms with Gasteiger partial charge in [-0.15, -0.1) is 0 Å². The fourth-order valence-electron chi connectivity index (χ4n) is 1.46. The van der Waals surface area contributed by atoms with Crippen LogP contribution in [0.3, 0.4) is 0 Å². The summed E-state index contributed by atoms with van der Waals surface area (Å²) in [5, 5.41) is 11.6. The van der Waals surface area contributed by atoms with Gasteiger partial charge in [0.15, 0.2) is 0 Å². The van der Waals surface area contributed by atoms with Gasteiger partial charge in [0.2, 0.25) is 5.91 Å². The molecular formula is C12H15NO4. The maximum Gasteiger partial charge on any atom is 0.338 e. The van der Waals surface area contributed by atoms with Gasteiger partial charge in [-0.05, 0) is 18.6 Å². The van der Waals surface area contributed by atoms with Crippen molar-refractivity contribution in [3.63, 3.8) is 0 Å². The Morgan fingerprint density at radius 1 is 1.41 bits per heavy atom. The van der Waals surface area contributed by atoms with Crippen LogP contribution in [0.5, 0.6) is 0 Å². The minimum Gasteiger partial charge on any atom is -0.478 e. The van der Waals surface area contributed by atoms with Crippen LogP contribution >= 0.6 is 0 Å². The van der Waals surface area contributed by atoms with Gasteiger partial charge >= 0.3 is 5.97 Å². The number of carboxylic acid groups (broad SMARTS) is 1. The van der Waals surface area contributed by atoms with Crippen molar-refractivity contribution in [2.24, 2.45) is 0 Å². The van der Waals surface area contributed by atoms with E-state index in [1.165, 1.54) is 7.11 Å². The van der Waals surface area contributed by atoms with E-state index in [-0.39, 0.29) is 17.9 Å². The molecule has 0 aliphatic carbocycles. The molecule has 0 aliphatic rings. The minimum atomic E-state index is -1.05. The van der Waals surface area contributed by atoms with Gasteiger partial charge in [-0.2, -0.15) is 0 Å². The van der Waals surface area contributed by atoms with E-state index in [0.29, 0.717) is 17.9 Å². The van der Waals surface area contributed by atoms with Gasteiger partial charge in [-0.3, -0.25) is 4.79 Å². The van der Waals surface area contributed by atoms with E-state index in [0.717, 1.165) is 0 Å². The van der Waals surface area contributed by atoms with Crippen LogP contribution in [0.1, 0.15) is 22.3 Å². The molecule has 1 aromatic carbocycles. The van der Waals surface area contributed by atoms with Crippen molar-refractivity contribution in [2.45, 2.75) is 13.3 Å². The average molecular weight is 237 g/mol. The van der Waals surface area contributed by atoms with Crippen LogP contribution in [0.4, 0.5) is 5.69 Å². The number of methoxy groups -OCH3 is 1. The Kier molecular flexibility index (Phi) is 4.66. The molecule has 0 bridgehead atoms. The number of amides is 1. The summed E-state index contributed by atoms with van der Waals surface area (Å²) in [7, 11) is 1.50. The molecule has 0 fully saturated rings. The summed E-state index contributed by atoms with van der Waals surface area (Å²) in [6.07, 6.45) is 0.198. The standard InChI is InChI=1S/C12H15NO4/c1-8-4-3-5-9(11(8)12(15)16)13-10(14)6-7-17-2/h3-5H,6-7H2,1-2H3,(H,13,14)(H,15,16). The van der Waals surface area contributed by atoms with Gasteiger partial charge in [-0.25, -0.2) is 4.79 Å². The van der Waals surface area contributed by atoms with Crippen LogP contribution in [0.15, 0.2) is 18.2 Å². The van der Waals surface area contributed by atoms with E-state index in [4.69, 9.17) is 9.84 Å². The third-order valence-corrected chi connectivity index (χ3v) is 2.29. The molecular weight excluding hydrogens is 222 g/mol. The zero-order valence-electron chi connectivity index (χ0n) is 9.82. The maximum atomic E-state index is 11.5. The number of hydrogen-bond donors (Lipinski definition) is 2. The SMILES string of the molecule is COCCC(=O)Nc1cccc(C)c1C(=O)O. The Morgan fingerprint density at radius 3 is 2.71 bits per heavy atom. The molecule has 0 unspecified atom stereocenters. The average Bonchev–Trinajstić information content (AvgIpc) is 2.25. The Hall–Kier alpha value is -1.88. The minimum absolute atomic E-state index is 0.123. The van der Waals surface area contributed by atoms with Crippen molar-refractivity contribution in [1.82, 2.24) is 0 Å². The molecule has 0 aliphatic heterocycles. The number of rotatable bonds is 5. The number of benzene rings is 1. The monoisotopic (exact) mass is 237 g/mol. The largest absolute Gasteiger partial charge is 0.478 e. The van der Waals surface area contributed by atoms with E-state index in [1.54, 1.807) is 25.1 Å². The van der Waals surface area contributed by atoms with Gasteiger partial charge in [-0.1, -0.05) is 12.1 Å². The smallest absolute Gasteiger partial charge is 0.338 e. The Labute approximate surface area is 99.4 Å². The lowest BCUT2D eigenvalue weighted by Gasteiger charge is -2.10. The third kappa shape index (κ3) is 3.57. The Bertz CT molecular complexity index is 429. The molecule has 0 atom stereocenters. The van der Waals surface area contributed by atoms with E-state index < -0.39 is 5.97 Å². The molecule has 0 heterocycles. The summed E-state index contributed by atoms with van der Waals surface area (Å²) in [5.74, 6) is -1.31. The fourth-order valence-corrected chi connectivity index (χ4v) is 1.46. The first-order valence-corrected chi connectivity index (χ1v) is 5.18. The molecule has 2 N–H and O–H groups in total. The molecule has 0 spiro atoms. The fraction of sp³-hybridized carbons (Fsp3) is 0.333. The first kappa shape index (κ1) is 13.2. The second-order valence-electron chi connectivity index (χ2n) is 3.59. The highest BCUT2D eigenvalue weighted by atomic mass is 16.5. The Balaban J connectivity index is 2.87. The number of anilines is 1. The molecule has 17 heavy (non-hydrogen) atoms. The van der Waals surface area contributed by atoms with Gasteiger partial charge in [0.05, 0.1) is 24.3 Å². The van der Waals surface area contributed by atoms with Crippen LogP contribution in [0.2, 0.25) is 0 Å². The van der Waals surface area contributed by atoms with E-state index in [9.17, 15) is 9.59 Å². The predicted octanol–water partition coefficient (Wildman–Crippen LogP) is 1.67. The Morgan fingerprint density at radius 2 is 2.12 bits per heavy atom. The lowest BCUT2D eigenvalue weighted by atomic mass is 10.1. The molecule has 0 saturated heterocycles. The molecule has 5 heteroatoms. The molecule has 92 valence electrons. The number of aromatic carboxylic acids is 1. The number of aryl methyl sites for hydroxylation is 1. The molecule has 5 nitrogen and oxygen atoms in total. The lowest BCUT2D eigenvalue weighted by Crippen LogP contribution is -2.16. The van der Waals surface area contributed by atoms with Crippen LogP contribution in [0.25, 0.3) is 0 Å². The molecule has 1 amide bonds. The number of hydrogen-bond acceptors (Lipinski definition) is 3. The molecule has 0 radical (unpaired) electrons. The van der Waals surface area contributed by atoms with Crippen LogP contribution < -0.4 is 5.32 Å². The van der Waals surface area contributed by atoms with Gasteiger partial charge in [0.25, 0.3) is 0 Å². The zero-order chi connectivity index (χ0) is 12.8. The highest BCUT2D eigenvalue weighted by Gasteiger charge is 2.14. The van der Waals surface area contributed by atoms with Gasteiger partial charge < -0.3 is 15.2 Å². The molecule has 0 aromatic heterocycles. The summed E-state index contributed by atoms with van der Waals surface area (Å²) >= 11 is 0. The summed E-state index contributed by atoms with van der Waals surface area (Å²) < 4.78 is 4.77. The summed E-state index contributed by atoms with van der Waals surface area (Å²) in [6.45, 7) is 1.99. The van der Waals surface area contributed by atoms with Crippen molar-refractivity contribution in [2.75, 3.05) is 19.0 Å². The first-order chi connectivity index (χ1) is 8.06. The van der Waals surface area contributed by atoms with Crippen molar-refractivity contribution in [3.05, 3.63) is 29.3 Å². The lowest BCUT2D eigenvalue weighted by molar-refractivity contribution is -0.117. The molecule has 1 aromatic rings.